The Labute approximate surface area is 112 Å². The number of hydrogen-bond donors (Lipinski definition) is 0. The van der Waals surface area contributed by atoms with Gasteiger partial charge in [0.1, 0.15) is 0 Å². The van der Waals surface area contributed by atoms with Gasteiger partial charge in [-0.25, -0.2) is 0 Å². The van der Waals surface area contributed by atoms with Crippen LogP contribution < -0.4 is 0 Å². The van der Waals surface area contributed by atoms with E-state index >= 15 is 0 Å². The standard InChI is InChI=1S/C15H17ClS/c1-3-11-7-8-13(10-12(11)4-2)15(16)14-6-5-9-17-14/h5-10,15H,3-4H2,1-2H3. The van der Waals surface area contributed by atoms with Gasteiger partial charge in [-0.2, -0.15) is 0 Å². The minimum absolute atomic E-state index is 0.00814. The highest BCUT2D eigenvalue weighted by atomic mass is 35.5. The zero-order valence-electron chi connectivity index (χ0n) is 10.2. The summed E-state index contributed by atoms with van der Waals surface area (Å²) in [5.74, 6) is 0. The molecule has 2 heteroatoms. The molecule has 0 N–H and O–H groups in total. The highest BCUT2D eigenvalue weighted by Crippen LogP contribution is 2.32. The van der Waals surface area contributed by atoms with Crippen molar-refractivity contribution in [1.82, 2.24) is 0 Å². The summed E-state index contributed by atoms with van der Waals surface area (Å²) in [6, 6.07) is 10.8. The van der Waals surface area contributed by atoms with Gasteiger partial charge in [0.15, 0.2) is 0 Å². The lowest BCUT2D eigenvalue weighted by Gasteiger charge is -2.12. The Bertz CT molecular complexity index is 474. The van der Waals surface area contributed by atoms with Crippen molar-refractivity contribution in [3.63, 3.8) is 0 Å². The van der Waals surface area contributed by atoms with Crippen molar-refractivity contribution < 1.29 is 0 Å². The number of thiophene rings is 1. The Balaban J connectivity index is 2.33. The molecule has 1 aromatic heterocycles. The number of rotatable bonds is 4. The molecule has 1 unspecified atom stereocenters. The molecule has 2 rings (SSSR count). The van der Waals surface area contributed by atoms with E-state index < -0.39 is 0 Å². The first-order chi connectivity index (χ1) is 8.26. The molecule has 0 radical (unpaired) electrons. The SMILES string of the molecule is CCc1ccc(C(Cl)c2cccs2)cc1CC. The van der Waals surface area contributed by atoms with E-state index in [4.69, 9.17) is 11.6 Å². The summed E-state index contributed by atoms with van der Waals surface area (Å²) in [7, 11) is 0. The summed E-state index contributed by atoms with van der Waals surface area (Å²) in [5.41, 5.74) is 4.07. The lowest BCUT2D eigenvalue weighted by molar-refractivity contribution is 1.02. The Kier molecular flexibility index (Phi) is 4.25. The van der Waals surface area contributed by atoms with Crippen molar-refractivity contribution in [2.45, 2.75) is 32.1 Å². The smallest absolute Gasteiger partial charge is 0.0927 e. The van der Waals surface area contributed by atoms with Crippen LogP contribution in [0.2, 0.25) is 0 Å². The molecule has 90 valence electrons. The molecule has 1 atom stereocenters. The number of hydrogen-bond acceptors (Lipinski definition) is 1. The second kappa shape index (κ2) is 5.70. The molecule has 1 heterocycles. The molecule has 2 aromatic rings. The van der Waals surface area contributed by atoms with Crippen LogP contribution in [0.5, 0.6) is 0 Å². The van der Waals surface area contributed by atoms with Crippen LogP contribution in [0.3, 0.4) is 0 Å². The van der Waals surface area contributed by atoms with E-state index in [1.54, 1.807) is 11.3 Å². The lowest BCUT2D eigenvalue weighted by atomic mass is 9.98. The average Bonchev–Trinajstić information content (AvgIpc) is 2.90. The highest BCUT2D eigenvalue weighted by Gasteiger charge is 2.12. The first-order valence-electron chi connectivity index (χ1n) is 6.05. The molecule has 0 nitrogen and oxygen atoms in total. The average molecular weight is 265 g/mol. The van der Waals surface area contributed by atoms with Crippen molar-refractivity contribution >= 4 is 22.9 Å². The highest BCUT2D eigenvalue weighted by molar-refractivity contribution is 7.10. The third-order valence-corrected chi connectivity index (χ3v) is 4.63. The predicted molar refractivity (Wildman–Crippen MR) is 77.2 cm³/mol. The zero-order valence-corrected chi connectivity index (χ0v) is 11.8. The van der Waals surface area contributed by atoms with Gasteiger partial charge >= 0.3 is 0 Å². The van der Waals surface area contributed by atoms with Gasteiger partial charge in [0.05, 0.1) is 5.38 Å². The van der Waals surface area contributed by atoms with Crippen molar-refractivity contribution in [2.24, 2.45) is 0 Å². The molecule has 17 heavy (non-hydrogen) atoms. The fourth-order valence-corrected chi connectivity index (χ4v) is 3.17. The normalized spacial score (nSPS) is 12.6. The van der Waals surface area contributed by atoms with Crippen molar-refractivity contribution in [3.8, 4) is 0 Å². The van der Waals surface area contributed by atoms with Crippen molar-refractivity contribution in [2.75, 3.05) is 0 Å². The quantitative estimate of drug-likeness (QED) is 0.666. The van der Waals surface area contributed by atoms with E-state index in [-0.39, 0.29) is 5.38 Å². The summed E-state index contributed by atoms with van der Waals surface area (Å²) in [6.07, 6.45) is 2.17. The van der Waals surface area contributed by atoms with E-state index in [0.717, 1.165) is 12.8 Å². The molecule has 0 fully saturated rings. The molecule has 0 bridgehead atoms. The largest absolute Gasteiger partial charge is 0.147 e. The topological polar surface area (TPSA) is 0 Å². The monoisotopic (exact) mass is 264 g/mol. The second-order valence-corrected chi connectivity index (χ2v) is 5.53. The van der Waals surface area contributed by atoms with E-state index in [1.807, 2.05) is 0 Å². The van der Waals surface area contributed by atoms with Gasteiger partial charge in [0, 0.05) is 4.88 Å². The molecule has 0 aliphatic heterocycles. The minimum Gasteiger partial charge on any atom is -0.147 e. The van der Waals surface area contributed by atoms with Gasteiger partial charge in [0.2, 0.25) is 0 Å². The van der Waals surface area contributed by atoms with Crippen LogP contribution in [0, 0.1) is 0 Å². The molecule has 0 saturated carbocycles. The maximum absolute atomic E-state index is 6.51. The van der Waals surface area contributed by atoms with Gasteiger partial charge in [-0.05, 0) is 41.0 Å². The van der Waals surface area contributed by atoms with Crippen molar-refractivity contribution in [3.05, 3.63) is 57.3 Å². The Hall–Kier alpha value is -0.790. The molecular weight excluding hydrogens is 248 g/mol. The zero-order chi connectivity index (χ0) is 12.3. The number of benzene rings is 1. The van der Waals surface area contributed by atoms with Gasteiger partial charge in [-0.1, -0.05) is 38.1 Å². The van der Waals surface area contributed by atoms with Crippen LogP contribution in [-0.4, -0.2) is 0 Å². The van der Waals surface area contributed by atoms with Crippen molar-refractivity contribution in [1.29, 1.82) is 0 Å². The summed E-state index contributed by atoms with van der Waals surface area (Å²) in [6.45, 7) is 4.40. The van der Waals surface area contributed by atoms with Gasteiger partial charge in [0.25, 0.3) is 0 Å². The molecule has 0 spiro atoms. The molecule has 0 saturated heterocycles. The number of halogens is 1. The van der Waals surface area contributed by atoms with E-state index in [2.05, 4.69) is 49.6 Å². The molecule has 0 aliphatic rings. The van der Waals surface area contributed by atoms with Crippen LogP contribution in [-0.2, 0) is 12.8 Å². The first kappa shape index (κ1) is 12.7. The third kappa shape index (κ3) is 2.72. The summed E-state index contributed by atoms with van der Waals surface area (Å²) in [4.78, 5) is 1.22. The van der Waals surface area contributed by atoms with Gasteiger partial charge in [-0.15, -0.1) is 22.9 Å². The lowest BCUT2D eigenvalue weighted by Crippen LogP contribution is -1.96. The number of aryl methyl sites for hydroxylation is 2. The minimum atomic E-state index is -0.00814. The van der Waals surface area contributed by atoms with Crippen LogP contribution in [0.1, 0.15) is 40.8 Å². The molecular formula is C15H17ClS. The Morgan fingerprint density at radius 2 is 1.88 bits per heavy atom. The third-order valence-electron chi connectivity index (χ3n) is 3.08. The van der Waals surface area contributed by atoms with E-state index in [0.29, 0.717) is 0 Å². The molecule has 1 aromatic carbocycles. The second-order valence-electron chi connectivity index (χ2n) is 4.11. The maximum atomic E-state index is 6.51. The number of alkyl halides is 1. The fourth-order valence-electron chi connectivity index (χ4n) is 2.08. The molecule has 0 aliphatic carbocycles. The summed E-state index contributed by atoms with van der Waals surface area (Å²) >= 11 is 8.23. The van der Waals surface area contributed by atoms with E-state index in [1.165, 1.54) is 21.6 Å². The van der Waals surface area contributed by atoms with Crippen LogP contribution >= 0.6 is 22.9 Å². The van der Waals surface area contributed by atoms with Crippen LogP contribution in [0.4, 0.5) is 0 Å². The summed E-state index contributed by atoms with van der Waals surface area (Å²) in [5, 5.41) is 2.07. The Morgan fingerprint density at radius 3 is 2.47 bits per heavy atom. The first-order valence-corrected chi connectivity index (χ1v) is 7.37. The maximum Gasteiger partial charge on any atom is 0.0927 e. The fraction of sp³-hybridized carbons (Fsp3) is 0.333. The predicted octanol–water partition coefficient (Wildman–Crippen LogP) is 5.20. The Morgan fingerprint density at radius 1 is 1.12 bits per heavy atom. The molecule has 0 amide bonds. The van der Waals surface area contributed by atoms with E-state index in [9.17, 15) is 0 Å². The summed E-state index contributed by atoms with van der Waals surface area (Å²) < 4.78 is 0. The van der Waals surface area contributed by atoms with Gasteiger partial charge < -0.3 is 0 Å². The van der Waals surface area contributed by atoms with Crippen LogP contribution in [0.15, 0.2) is 35.7 Å². The van der Waals surface area contributed by atoms with Crippen LogP contribution in [0.25, 0.3) is 0 Å². The van der Waals surface area contributed by atoms with Gasteiger partial charge in [-0.3, -0.25) is 0 Å².